The molecule has 0 aromatic rings. The number of oxime groups is 1. The topological polar surface area (TPSA) is 54.4 Å². The first-order valence-corrected chi connectivity index (χ1v) is 7.93. The summed E-state index contributed by atoms with van der Waals surface area (Å²) in [6.45, 7) is 12.0. The van der Waals surface area contributed by atoms with E-state index in [-0.39, 0.29) is 5.91 Å². The Labute approximate surface area is 127 Å². The van der Waals surface area contributed by atoms with E-state index in [1.54, 1.807) is 0 Å². The first-order chi connectivity index (χ1) is 10.1. The smallest absolute Gasteiger partial charge is 0.266 e. The molecule has 6 heteroatoms. The molecule has 2 heterocycles. The molecule has 120 valence electrons. The van der Waals surface area contributed by atoms with Gasteiger partial charge >= 0.3 is 0 Å². The lowest BCUT2D eigenvalue weighted by Crippen LogP contribution is -2.45. The Hall–Kier alpha value is -1.14. The molecular weight excluding hydrogens is 270 g/mol. The van der Waals surface area contributed by atoms with Crippen molar-refractivity contribution < 1.29 is 14.4 Å². The number of carbonyl (C=O) groups is 1. The quantitative estimate of drug-likeness (QED) is 0.733. The Morgan fingerprint density at radius 2 is 2.14 bits per heavy atom. The van der Waals surface area contributed by atoms with Gasteiger partial charge in [0.15, 0.2) is 0 Å². The van der Waals surface area contributed by atoms with E-state index < -0.39 is 6.10 Å². The van der Waals surface area contributed by atoms with E-state index in [1.165, 1.54) is 0 Å². The lowest BCUT2D eigenvalue weighted by molar-refractivity contribution is -0.142. The number of rotatable bonds is 6. The Kier molecular flexibility index (Phi) is 5.99. The van der Waals surface area contributed by atoms with Gasteiger partial charge < -0.3 is 14.5 Å². The maximum atomic E-state index is 12.5. The van der Waals surface area contributed by atoms with Gasteiger partial charge in [-0.2, -0.15) is 0 Å². The first kappa shape index (κ1) is 16.2. The molecule has 0 bridgehead atoms. The number of ether oxygens (including phenoxy) is 1. The van der Waals surface area contributed by atoms with Gasteiger partial charge in [0.05, 0.1) is 18.9 Å². The summed E-state index contributed by atoms with van der Waals surface area (Å²) in [4.78, 5) is 22.0. The molecule has 1 atom stereocenters. The van der Waals surface area contributed by atoms with Crippen LogP contribution in [0.15, 0.2) is 5.16 Å². The average molecular weight is 297 g/mol. The number of carbonyl (C=O) groups excluding carboxylic acids is 1. The van der Waals surface area contributed by atoms with Crippen LogP contribution in [-0.4, -0.2) is 73.5 Å². The largest absolute Gasteiger partial charge is 0.382 e. The second-order valence-corrected chi connectivity index (χ2v) is 5.91. The van der Waals surface area contributed by atoms with Crippen molar-refractivity contribution in [2.75, 3.05) is 45.9 Å². The molecule has 0 saturated carbocycles. The van der Waals surface area contributed by atoms with Crippen LogP contribution >= 0.6 is 0 Å². The van der Waals surface area contributed by atoms with E-state index in [4.69, 9.17) is 9.57 Å². The second kappa shape index (κ2) is 7.75. The van der Waals surface area contributed by atoms with Gasteiger partial charge in [-0.15, -0.1) is 0 Å². The molecule has 1 unspecified atom stereocenters. The fourth-order valence-electron chi connectivity index (χ4n) is 2.58. The molecule has 1 amide bonds. The maximum Gasteiger partial charge on any atom is 0.266 e. The van der Waals surface area contributed by atoms with Gasteiger partial charge in [-0.05, 0) is 12.8 Å². The van der Waals surface area contributed by atoms with E-state index in [0.717, 1.165) is 45.1 Å². The summed E-state index contributed by atoms with van der Waals surface area (Å²) in [5, 5.41) is 4.05. The fraction of sp³-hybridized carbons (Fsp3) is 0.867. The van der Waals surface area contributed by atoms with Gasteiger partial charge in [-0.1, -0.05) is 19.0 Å². The van der Waals surface area contributed by atoms with Crippen molar-refractivity contribution in [2.45, 2.75) is 33.3 Å². The van der Waals surface area contributed by atoms with Gasteiger partial charge in [-0.3, -0.25) is 9.69 Å². The lowest BCUT2D eigenvalue weighted by Gasteiger charge is -2.30. The van der Waals surface area contributed by atoms with Crippen molar-refractivity contribution in [1.29, 1.82) is 0 Å². The van der Waals surface area contributed by atoms with Crippen LogP contribution in [0.1, 0.15) is 27.2 Å². The number of hydrogen-bond acceptors (Lipinski definition) is 5. The Balaban J connectivity index is 1.79. The van der Waals surface area contributed by atoms with E-state index >= 15 is 0 Å². The summed E-state index contributed by atoms with van der Waals surface area (Å²) >= 11 is 0. The molecule has 0 aliphatic carbocycles. The van der Waals surface area contributed by atoms with Gasteiger partial charge in [0.1, 0.15) is 0 Å². The molecular formula is C15H27N3O3. The highest BCUT2D eigenvalue weighted by Gasteiger charge is 2.32. The molecule has 2 aliphatic heterocycles. The van der Waals surface area contributed by atoms with E-state index in [9.17, 15) is 4.79 Å². The Morgan fingerprint density at radius 1 is 1.43 bits per heavy atom. The van der Waals surface area contributed by atoms with Gasteiger partial charge in [0, 0.05) is 39.1 Å². The van der Waals surface area contributed by atoms with Crippen LogP contribution in [0.2, 0.25) is 0 Å². The predicted molar refractivity (Wildman–Crippen MR) is 81.3 cm³/mol. The summed E-state index contributed by atoms with van der Waals surface area (Å²) in [5.41, 5.74) is 0.984. The van der Waals surface area contributed by atoms with Crippen molar-refractivity contribution in [3.05, 3.63) is 0 Å². The third-order valence-electron chi connectivity index (χ3n) is 4.12. The van der Waals surface area contributed by atoms with Crippen molar-refractivity contribution in [2.24, 2.45) is 11.1 Å². The molecule has 2 rings (SSSR count). The van der Waals surface area contributed by atoms with Crippen LogP contribution in [0, 0.1) is 5.92 Å². The molecule has 0 aromatic heterocycles. The molecule has 6 nitrogen and oxygen atoms in total. The molecule has 1 saturated heterocycles. The molecule has 0 radical (unpaired) electrons. The minimum Gasteiger partial charge on any atom is -0.382 e. The molecule has 0 N–H and O–H groups in total. The van der Waals surface area contributed by atoms with Crippen LogP contribution in [-0.2, 0) is 14.4 Å². The molecule has 0 aromatic carbocycles. The van der Waals surface area contributed by atoms with Crippen molar-refractivity contribution in [3.8, 4) is 0 Å². The van der Waals surface area contributed by atoms with Crippen LogP contribution in [0.4, 0.5) is 0 Å². The van der Waals surface area contributed by atoms with Crippen molar-refractivity contribution >= 4 is 11.6 Å². The minimum atomic E-state index is -0.424. The zero-order chi connectivity index (χ0) is 15.2. The molecule has 1 fully saturated rings. The van der Waals surface area contributed by atoms with Crippen molar-refractivity contribution in [3.63, 3.8) is 0 Å². The van der Waals surface area contributed by atoms with E-state index in [2.05, 4.69) is 23.9 Å². The summed E-state index contributed by atoms with van der Waals surface area (Å²) in [7, 11) is 0. The Bertz CT molecular complexity index is 378. The summed E-state index contributed by atoms with van der Waals surface area (Å²) < 4.78 is 5.34. The average Bonchev–Trinajstić information content (AvgIpc) is 2.99. The maximum absolute atomic E-state index is 12.5. The number of nitrogens with zero attached hydrogens (tertiary/aromatic N) is 3. The highest BCUT2D eigenvalue weighted by molar-refractivity contribution is 5.93. The standard InChI is InChI=1S/C15H27N3O3/c1-4-18(6-5-17-7-9-20-10-8-17)15(19)14-11-13(12(2)3)16-21-14/h12,14H,4-11H2,1-3H3. The zero-order valence-electron chi connectivity index (χ0n) is 13.4. The second-order valence-electron chi connectivity index (χ2n) is 5.91. The van der Waals surface area contributed by atoms with Crippen LogP contribution < -0.4 is 0 Å². The SMILES string of the molecule is CCN(CCN1CCOCC1)C(=O)C1CC(C(C)C)=NO1. The lowest BCUT2D eigenvalue weighted by atomic mass is 10.0. The number of amides is 1. The van der Waals surface area contributed by atoms with Crippen LogP contribution in [0.25, 0.3) is 0 Å². The van der Waals surface area contributed by atoms with E-state index in [0.29, 0.717) is 18.9 Å². The van der Waals surface area contributed by atoms with E-state index in [1.807, 2.05) is 11.8 Å². The number of morpholine rings is 1. The monoisotopic (exact) mass is 297 g/mol. The minimum absolute atomic E-state index is 0.0603. The summed E-state index contributed by atoms with van der Waals surface area (Å²) in [6.07, 6.45) is 0.205. The summed E-state index contributed by atoms with van der Waals surface area (Å²) in [6, 6.07) is 0. The summed E-state index contributed by atoms with van der Waals surface area (Å²) in [5.74, 6) is 0.399. The van der Waals surface area contributed by atoms with Gasteiger partial charge in [-0.25, -0.2) is 0 Å². The highest BCUT2D eigenvalue weighted by Crippen LogP contribution is 2.18. The number of hydrogen-bond donors (Lipinski definition) is 0. The number of likely N-dealkylation sites (N-methyl/N-ethyl adjacent to an activating group) is 1. The molecule has 0 spiro atoms. The van der Waals surface area contributed by atoms with Crippen LogP contribution in [0.5, 0.6) is 0 Å². The van der Waals surface area contributed by atoms with Crippen LogP contribution in [0.3, 0.4) is 0 Å². The van der Waals surface area contributed by atoms with Crippen molar-refractivity contribution in [1.82, 2.24) is 9.80 Å². The third kappa shape index (κ3) is 4.41. The zero-order valence-corrected chi connectivity index (χ0v) is 13.4. The third-order valence-corrected chi connectivity index (χ3v) is 4.12. The fourth-order valence-corrected chi connectivity index (χ4v) is 2.58. The normalized spacial score (nSPS) is 23.0. The molecule has 2 aliphatic rings. The molecule has 21 heavy (non-hydrogen) atoms. The predicted octanol–water partition coefficient (Wildman–Crippen LogP) is 0.968. The highest BCUT2D eigenvalue weighted by atomic mass is 16.6. The first-order valence-electron chi connectivity index (χ1n) is 7.93. The Morgan fingerprint density at radius 3 is 2.71 bits per heavy atom. The van der Waals surface area contributed by atoms with Gasteiger partial charge in [0.2, 0.25) is 6.10 Å². The van der Waals surface area contributed by atoms with Gasteiger partial charge in [0.25, 0.3) is 5.91 Å².